The van der Waals surface area contributed by atoms with Gasteiger partial charge in [0.2, 0.25) is 5.95 Å². The average molecular weight is 401 g/mol. The van der Waals surface area contributed by atoms with Gasteiger partial charge in [-0.3, -0.25) is 14.7 Å². The van der Waals surface area contributed by atoms with Gasteiger partial charge in [0.05, 0.1) is 11.7 Å². The minimum absolute atomic E-state index is 0.140. The van der Waals surface area contributed by atoms with Crippen molar-refractivity contribution in [2.75, 3.05) is 31.1 Å². The van der Waals surface area contributed by atoms with Crippen LogP contribution < -0.4 is 10.5 Å². The van der Waals surface area contributed by atoms with Crippen LogP contribution in [0.2, 0.25) is 5.02 Å². The van der Waals surface area contributed by atoms with Crippen molar-refractivity contribution in [1.82, 2.24) is 24.6 Å². The third kappa shape index (κ3) is 3.77. The van der Waals surface area contributed by atoms with Crippen molar-refractivity contribution in [1.29, 1.82) is 0 Å². The summed E-state index contributed by atoms with van der Waals surface area (Å²) in [6.45, 7) is 10.5. The molecule has 0 radical (unpaired) electrons. The standard InChI is InChI=1S/C20H25ClN6O/c1-20(2,3)27-17-16(12-22-27)18(28)24-19(23-17)26-10-8-25(9-11-26)13-14-4-6-15(21)7-5-14/h4-7,12H,8-11,13H2,1-3H3,(H,23,24,28). The van der Waals surface area contributed by atoms with Gasteiger partial charge in [0.25, 0.3) is 5.56 Å². The maximum absolute atomic E-state index is 12.5. The number of nitrogens with one attached hydrogen (secondary N) is 1. The largest absolute Gasteiger partial charge is 0.340 e. The minimum atomic E-state index is -0.239. The summed E-state index contributed by atoms with van der Waals surface area (Å²) >= 11 is 5.96. The summed E-state index contributed by atoms with van der Waals surface area (Å²) in [5, 5.41) is 5.66. The van der Waals surface area contributed by atoms with Gasteiger partial charge in [-0.05, 0) is 38.5 Å². The Morgan fingerprint density at radius 1 is 1.11 bits per heavy atom. The van der Waals surface area contributed by atoms with Gasteiger partial charge in [-0.2, -0.15) is 10.1 Å². The van der Waals surface area contributed by atoms with Gasteiger partial charge in [-0.25, -0.2) is 4.68 Å². The van der Waals surface area contributed by atoms with Crippen LogP contribution >= 0.6 is 11.6 Å². The fourth-order valence-electron chi connectivity index (χ4n) is 3.51. The lowest BCUT2D eigenvalue weighted by Gasteiger charge is -2.35. The van der Waals surface area contributed by atoms with Gasteiger partial charge in [0, 0.05) is 37.7 Å². The normalized spacial score (nSPS) is 16.1. The first-order valence-electron chi connectivity index (χ1n) is 9.51. The number of aromatic nitrogens is 4. The van der Waals surface area contributed by atoms with Crippen LogP contribution in [0.15, 0.2) is 35.3 Å². The van der Waals surface area contributed by atoms with E-state index in [0.29, 0.717) is 17.0 Å². The fraction of sp³-hybridized carbons (Fsp3) is 0.450. The summed E-state index contributed by atoms with van der Waals surface area (Å²) in [5.74, 6) is 0.620. The molecule has 2 aromatic heterocycles. The fourth-order valence-corrected chi connectivity index (χ4v) is 3.64. The second-order valence-corrected chi connectivity index (χ2v) is 8.68. The summed E-state index contributed by atoms with van der Waals surface area (Å²) in [7, 11) is 0. The Hall–Kier alpha value is -2.38. The molecule has 28 heavy (non-hydrogen) atoms. The number of hydrogen-bond acceptors (Lipinski definition) is 5. The highest BCUT2D eigenvalue weighted by atomic mass is 35.5. The quantitative estimate of drug-likeness (QED) is 0.732. The summed E-state index contributed by atoms with van der Waals surface area (Å²) < 4.78 is 1.82. The van der Waals surface area contributed by atoms with Gasteiger partial charge in [0.15, 0.2) is 5.65 Å². The number of halogens is 1. The predicted molar refractivity (Wildman–Crippen MR) is 112 cm³/mol. The second-order valence-electron chi connectivity index (χ2n) is 8.24. The molecule has 0 saturated carbocycles. The van der Waals surface area contributed by atoms with Gasteiger partial charge in [-0.1, -0.05) is 23.7 Å². The van der Waals surface area contributed by atoms with E-state index in [0.717, 1.165) is 37.7 Å². The molecule has 0 spiro atoms. The number of fused-ring (bicyclic) bond motifs is 1. The van der Waals surface area contributed by atoms with E-state index in [1.807, 2.05) is 16.8 Å². The van der Waals surface area contributed by atoms with E-state index in [1.165, 1.54) is 5.56 Å². The van der Waals surface area contributed by atoms with Crippen molar-refractivity contribution in [2.45, 2.75) is 32.9 Å². The molecule has 4 rings (SSSR count). The molecular formula is C20H25ClN6O. The second kappa shape index (κ2) is 7.22. The molecule has 8 heteroatoms. The number of anilines is 1. The third-order valence-electron chi connectivity index (χ3n) is 5.05. The van der Waals surface area contributed by atoms with Crippen LogP contribution in [0.3, 0.4) is 0 Å². The zero-order valence-electron chi connectivity index (χ0n) is 16.4. The average Bonchev–Trinajstić information content (AvgIpc) is 3.09. The molecule has 0 aliphatic carbocycles. The number of hydrogen-bond donors (Lipinski definition) is 1. The van der Waals surface area contributed by atoms with Crippen molar-refractivity contribution in [3.05, 3.63) is 51.4 Å². The van der Waals surface area contributed by atoms with Crippen molar-refractivity contribution in [3.63, 3.8) is 0 Å². The van der Waals surface area contributed by atoms with Crippen molar-refractivity contribution >= 4 is 28.6 Å². The summed E-state index contributed by atoms with van der Waals surface area (Å²) in [5.41, 5.74) is 1.51. The Bertz CT molecular complexity index is 1030. The van der Waals surface area contributed by atoms with Crippen LogP contribution in [0.5, 0.6) is 0 Å². The van der Waals surface area contributed by atoms with Crippen molar-refractivity contribution in [2.24, 2.45) is 0 Å². The minimum Gasteiger partial charge on any atom is -0.340 e. The molecule has 0 atom stereocenters. The molecule has 1 saturated heterocycles. The smallest absolute Gasteiger partial charge is 0.263 e. The number of piperazine rings is 1. The van der Waals surface area contributed by atoms with Crippen molar-refractivity contribution in [3.8, 4) is 0 Å². The third-order valence-corrected chi connectivity index (χ3v) is 5.30. The van der Waals surface area contributed by atoms with E-state index >= 15 is 0 Å². The maximum Gasteiger partial charge on any atom is 0.263 e. The highest BCUT2D eigenvalue weighted by molar-refractivity contribution is 6.30. The topological polar surface area (TPSA) is 70.1 Å². The molecule has 3 heterocycles. The highest BCUT2D eigenvalue weighted by Gasteiger charge is 2.23. The molecule has 1 aliphatic rings. The number of aromatic amines is 1. The first kappa shape index (κ1) is 19.0. The van der Waals surface area contributed by atoms with Gasteiger partial charge < -0.3 is 4.90 Å². The monoisotopic (exact) mass is 400 g/mol. The van der Waals surface area contributed by atoms with E-state index in [9.17, 15) is 4.79 Å². The van der Waals surface area contributed by atoms with E-state index in [4.69, 9.17) is 16.6 Å². The van der Waals surface area contributed by atoms with Crippen LogP contribution in [-0.2, 0) is 12.1 Å². The molecule has 1 aromatic carbocycles. The first-order valence-corrected chi connectivity index (χ1v) is 9.89. The Labute approximate surface area is 168 Å². The van der Waals surface area contributed by atoms with Gasteiger partial charge in [0.1, 0.15) is 5.39 Å². The lowest BCUT2D eigenvalue weighted by Crippen LogP contribution is -2.47. The number of benzene rings is 1. The lowest BCUT2D eigenvalue weighted by molar-refractivity contribution is 0.248. The Morgan fingerprint density at radius 2 is 1.79 bits per heavy atom. The SMILES string of the molecule is CC(C)(C)n1ncc2c(=O)[nH]c(N3CCN(Cc4ccc(Cl)cc4)CC3)nc21. The highest BCUT2D eigenvalue weighted by Crippen LogP contribution is 2.20. The number of H-pyrrole nitrogens is 1. The first-order chi connectivity index (χ1) is 13.3. The van der Waals surface area contributed by atoms with Gasteiger partial charge in [-0.15, -0.1) is 0 Å². The molecule has 0 bridgehead atoms. The van der Waals surface area contributed by atoms with Crippen LogP contribution in [0.1, 0.15) is 26.3 Å². The zero-order valence-corrected chi connectivity index (χ0v) is 17.2. The van der Waals surface area contributed by atoms with E-state index in [2.05, 4.69) is 52.8 Å². The maximum atomic E-state index is 12.5. The Morgan fingerprint density at radius 3 is 2.43 bits per heavy atom. The number of nitrogens with zero attached hydrogens (tertiary/aromatic N) is 5. The van der Waals surface area contributed by atoms with Gasteiger partial charge >= 0.3 is 0 Å². The molecular weight excluding hydrogens is 376 g/mol. The van der Waals surface area contributed by atoms with Crippen LogP contribution in [0, 0.1) is 0 Å². The predicted octanol–water partition coefficient (Wildman–Crippen LogP) is 2.85. The lowest BCUT2D eigenvalue weighted by atomic mass is 10.1. The summed E-state index contributed by atoms with van der Waals surface area (Å²) in [6, 6.07) is 7.98. The molecule has 1 aliphatic heterocycles. The molecule has 1 N–H and O–H groups in total. The molecule has 7 nitrogen and oxygen atoms in total. The molecule has 0 unspecified atom stereocenters. The van der Waals surface area contributed by atoms with Crippen LogP contribution in [0.4, 0.5) is 5.95 Å². The van der Waals surface area contributed by atoms with E-state index in [-0.39, 0.29) is 11.1 Å². The molecule has 3 aromatic rings. The Kier molecular flexibility index (Phi) is 4.89. The summed E-state index contributed by atoms with van der Waals surface area (Å²) in [4.78, 5) is 24.7. The Balaban J connectivity index is 1.50. The van der Waals surface area contributed by atoms with E-state index in [1.54, 1.807) is 6.20 Å². The van der Waals surface area contributed by atoms with Crippen LogP contribution in [0.25, 0.3) is 11.0 Å². The van der Waals surface area contributed by atoms with Crippen LogP contribution in [-0.4, -0.2) is 50.8 Å². The molecule has 148 valence electrons. The summed E-state index contributed by atoms with van der Waals surface area (Å²) in [6.07, 6.45) is 1.60. The van der Waals surface area contributed by atoms with Crippen molar-refractivity contribution < 1.29 is 0 Å². The van der Waals surface area contributed by atoms with E-state index < -0.39 is 0 Å². The molecule has 0 amide bonds. The number of rotatable bonds is 3. The molecule has 1 fully saturated rings. The zero-order chi connectivity index (χ0) is 19.9.